The summed E-state index contributed by atoms with van der Waals surface area (Å²) >= 11 is 0. The standard InChI is InChI=1S/C19H24N2/c1-19(2)10-12-21(13-11-19)15-18-9-8-17(14-20-18)16-6-4-3-5-7-16/h3-9,14H,10-13,15H2,1-2H3. The lowest BCUT2D eigenvalue weighted by Crippen LogP contribution is -2.36. The van der Waals surface area contributed by atoms with Crippen molar-refractivity contribution in [2.24, 2.45) is 5.41 Å². The SMILES string of the molecule is CC1(C)CCN(Cc2ccc(-c3ccccc3)cn2)CC1. The van der Waals surface area contributed by atoms with Crippen molar-refractivity contribution in [2.75, 3.05) is 13.1 Å². The molecular formula is C19H24N2. The maximum absolute atomic E-state index is 4.64. The highest BCUT2D eigenvalue weighted by molar-refractivity contribution is 5.62. The first kappa shape index (κ1) is 14.3. The van der Waals surface area contributed by atoms with Crippen molar-refractivity contribution in [2.45, 2.75) is 33.2 Å². The quantitative estimate of drug-likeness (QED) is 0.830. The molecule has 1 aliphatic rings. The maximum Gasteiger partial charge on any atom is 0.0544 e. The molecule has 110 valence electrons. The number of hydrogen-bond acceptors (Lipinski definition) is 2. The third-order valence-corrected chi connectivity index (χ3v) is 4.53. The van der Waals surface area contributed by atoms with E-state index in [-0.39, 0.29) is 0 Å². The van der Waals surface area contributed by atoms with E-state index in [1.165, 1.54) is 42.8 Å². The molecule has 1 saturated heterocycles. The van der Waals surface area contributed by atoms with Gasteiger partial charge in [-0.2, -0.15) is 0 Å². The third-order valence-electron chi connectivity index (χ3n) is 4.53. The van der Waals surface area contributed by atoms with Crippen LogP contribution in [0.1, 0.15) is 32.4 Å². The average Bonchev–Trinajstić information content (AvgIpc) is 2.51. The van der Waals surface area contributed by atoms with E-state index in [4.69, 9.17) is 0 Å². The maximum atomic E-state index is 4.64. The lowest BCUT2D eigenvalue weighted by Gasteiger charge is -2.36. The second-order valence-corrected chi connectivity index (χ2v) is 6.84. The molecular weight excluding hydrogens is 256 g/mol. The molecule has 21 heavy (non-hydrogen) atoms. The molecule has 0 bridgehead atoms. The molecule has 0 aliphatic carbocycles. The number of hydrogen-bond donors (Lipinski definition) is 0. The van der Waals surface area contributed by atoms with Gasteiger partial charge in [-0.3, -0.25) is 9.88 Å². The predicted octanol–water partition coefficient (Wildman–Crippen LogP) is 4.37. The number of nitrogens with zero attached hydrogens (tertiary/aromatic N) is 2. The van der Waals surface area contributed by atoms with Crippen LogP contribution in [0.25, 0.3) is 11.1 Å². The summed E-state index contributed by atoms with van der Waals surface area (Å²) in [5.74, 6) is 0. The lowest BCUT2D eigenvalue weighted by molar-refractivity contribution is 0.126. The lowest BCUT2D eigenvalue weighted by atomic mass is 9.83. The van der Waals surface area contributed by atoms with Gasteiger partial charge in [-0.1, -0.05) is 50.2 Å². The van der Waals surface area contributed by atoms with Crippen LogP contribution in [0, 0.1) is 5.41 Å². The zero-order valence-corrected chi connectivity index (χ0v) is 13.0. The number of benzene rings is 1. The zero-order valence-electron chi connectivity index (χ0n) is 13.0. The van der Waals surface area contributed by atoms with Gasteiger partial charge in [0.25, 0.3) is 0 Å². The number of aromatic nitrogens is 1. The van der Waals surface area contributed by atoms with Gasteiger partial charge in [0.05, 0.1) is 5.69 Å². The van der Waals surface area contributed by atoms with Gasteiger partial charge in [0.2, 0.25) is 0 Å². The number of pyridine rings is 1. The topological polar surface area (TPSA) is 16.1 Å². The molecule has 2 heteroatoms. The first-order valence-electron chi connectivity index (χ1n) is 7.85. The Morgan fingerprint density at radius 3 is 2.29 bits per heavy atom. The molecule has 1 aromatic heterocycles. The molecule has 0 radical (unpaired) electrons. The molecule has 0 spiro atoms. The largest absolute Gasteiger partial charge is 0.297 e. The fourth-order valence-electron chi connectivity index (χ4n) is 2.86. The summed E-state index contributed by atoms with van der Waals surface area (Å²) < 4.78 is 0. The molecule has 0 atom stereocenters. The number of likely N-dealkylation sites (tertiary alicyclic amines) is 1. The smallest absolute Gasteiger partial charge is 0.0544 e. The van der Waals surface area contributed by atoms with E-state index in [1.807, 2.05) is 12.3 Å². The van der Waals surface area contributed by atoms with E-state index in [0.29, 0.717) is 5.41 Å². The van der Waals surface area contributed by atoms with E-state index in [0.717, 1.165) is 6.54 Å². The molecule has 0 saturated carbocycles. The van der Waals surface area contributed by atoms with Crippen molar-refractivity contribution in [3.63, 3.8) is 0 Å². The highest BCUT2D eigenvalue weighted by Crippen LogP contribution is 2.30. The van der Waals surface area contributed by atoms with Crippen LogP contribution in [-0.2, 0) is 6.54 Å². The molecule has 1 aliphatic heterocycles. The number of rotatable bonds is 3. The minimum atomic E-state index is 0.515. The summed E-state index contributed by atoms with van der Waals surface area (Å²) in [6.07, 6.45) is 4.57. The van der Waals surface area contributed by atoms with Gasteiger partial charge in [-0.25, -0.2) is 0 Å². The van der Waals surface area contributed by atoms with Crippen molar-refractivity contribution >= 4 is 0 Å². The van der Waals surface area contributed by atoms with Crippen LogP contribution in [0.2, 0.25) is 0 Å². The molecule has 0 amide bonds. The van der Waals surface area contributed by atoms with Gasteiger partial charge in [-0.15, -0.1) is 0 Å². The van der Waals surface area contributed by atoms with Crippen LogP contribution in [0.15, 0.2) is 48.7 Å². The van der Waals surface area contributed by atoms with Crippen molar-refractivity contribution in [3.8, 4) is 11.1 Å². The van der Waals surface area contributed by atoms with Crippen LogP contribution < -0.4 is 0 Å². The van der Waals surface area contributed by atoms with E-state index in [9.17, 15) is 0 Å². The van der Waals surface area contributed by atoms with Gasteiger partial charge in [0.1, 0.15) is 0 Å². The monoisotopic (exact) mass is 280 g/mol. The van der Waals surface area contributed by atoms with Crippen LogP contribution in [0.4, 0.5) is 0 Å². The van der Waals surface area contributed by atoms with E-state index in [2.05, 4.69) is 60.1 Å². The third kappa shape index (κ3) is 3.70. The molecule has 1 fully saturated rings. The van der Waals surface area contributed by atoms with E-state index < -0.39 is 0 Å². The Hall–Kier alpha value is -1.67. The fourth-order valence-corrected chi connectivity index (χ4v) is 2.86. The van der Waals surface area contributed by atoms with E-state index >= 15 is 0 Å². The van der Waals surface area contributed by atoms with Crippen molar-refractivity contribution in [3.05, 3.63) is 54.4 Å². The van der Waals surface area contributed by atoms with Gasteiger partial charge in [0, 0.05) is 18.3 Å². The zero-order chi connectivity index (χ0) is 14.7. The summed E-state index contributed by atoms with van der Waals surface area (Å²) in [5, 5.41) is 0. The van der Waals surface area contributed by atoms with Crippen molar-refractivity contribution in [1.29, 1.82) is 0 Å². The normalized spacial score (nSPS) is 18.6. The van der Waals surface area contributed by atoms with Crippen molar-refractivity contribution in [1.82, 2.24) is 9.88 Å². The van der Waals surface area contributed by atoms with Crippen LogP contribution in [0.5, 0.6) is 0 Å². The summed E-state index contributed by atoms with van der Waals surface area (Å²) in [5.41, 5.74) is 4.12. The molecule has 1 aromatic carbocycles. The Morgan fingerprint density at radius 1 is 0.952 bits per heavy atom. The fraction of sp³-hybridized carbons (Fsp3) is 0.421. The Kier molecular flexibility index (Phi) is 4.07. The van der Waals surface area contributed by atoms with Gasteiger partial charge in [-0.05, 0) is 43.0 Å². The summed E-state index contributed by atoms with van der Waals surface area (Å²) in [4.78, 5) is 7.17. The minimum Gasteiger partial charge on any atom is -0.297 e. The highest BCUT2D eigenvalue weighted by atomic mass is 15.1. The summed E-state index contributed by atoms with van der Waals surface area (Å²) in [6.45, 7) is 8.10. The molecule has 2 heterocycles. The predicted molar refractivity (Wildman–Crippen MR) is 88.0 cm³/mol. The van der Waals surface area contributed by atoms with Crippen LogP contribution in [-0.4, -0.2) is 23.0 Å². The number of piperidine rings is 1. The Morgan fingerprint density at radius 2 is 1.67 bits per heavy atom. The molecule has 0 unspecified atom stereocenters. The molecule has 2 nitrogen and oxygen atoms in total. The van der Waals surface area contributed by atoms with Gasteiger partial charge in [0.15, 0.2) is 0 Å². The van der Waals surface area contributed by atoms with Gasteiger partial charge < -0.3 is 0 Å². The minimum absolute atomic E-state index is 0.515. The molecule has 3 rings (SSSR count). The van der Waals surface area contributed by atoms with Crippen molar-refractivity contribution < 1.29 is 0 Å². The summed E-state index contributed by atoms with van der Waals surface area (Å²) in [7, 11) is 0. The average molecular weight is 280 g/mol. The van der Waals surface area contributed by atoms with Gasteiger partial charge >= 0.3 is 0 Å². The molecule has 0 N–H and O–H groups in total. The summed E-state index contributed by atoms with van der Waals surface area (Å²) in [6, 6.07) is 14.8. The Labute approximate surface area is 127 Å². The van der Waals surface area contributed by atoms with Crippen LogP contribution >= 0.6 is 0 Å². The highest BCUT2D eigenvalue weighted by Gasteiger charge is 2.25. The first-order chi connectivity index (χ1) is 10.1. The van der Waals surface area contributed by atoms with E-state index in [1.54, 1.807) is 0 Å². The second-order valence-electron chi connectivity index (χ2n) is 6.84. The molecule has 2 aromatic rings. The Bertz CT molecular complexity index is 562. The van der Waals surface area contributed by atoms with Crippen LogP contribution in [0.3, 0.4) is 0 Å². The second kappa shape index (κ2) is 5.98. The Balaban J connectivity index is 1.63. The first-order valence-corrected chi connectivity index (χ1v) is 7.85.